The van der Waals surface area contributed by atoms with E-state index in [-0.39, 0.29) is 11.3 Å². The van der Waals surface area contributed by atoms with Gasteiger partial charge in [-0.15, -0.1) is 0 Å². The number of para-hydroxylation sites is 1. The third kappa shape index (κ3) is 1.82. The number of hydrogen-bond acceptors (Lipinski definition) is 3. The first-order valence-corrected chi connectivity index (χ1v) is 7.92. The second kappa shape index (κ2) is 4.24. The number of hydrogen-bond donors (Lipinski definition) is 1. The van der Waals surface area contributed by atoms with Crippen LogP contribution in [0.25, 0.3) is 0 Å². The van der Waals surface area contributed by atoms with Crippen molar-refractivity contribution in [3.8, 4) is 0 Å². The van der Waals surface area contributed by atoms with E-state index in [4.69, 9.17) is 0 Å². The van der Waals surface area contributed by atoms with Crippen LogP contribution in [-0.2, 0) is 10.0 Å². The summed E-state index contributed by atoms with van der Waals surface area (Å²) < 4.78 is 26.4. The second-order valence-corrected chi connectivity index (χ2v) is 7.14. The van der Waals surface area contributed by atoms with Crippen LogP contribution in [0.2, 0.25) is 0 Å². The molecule has 0 amide bonds. The Bertz CT molecular complexity index is 552. The zero-order chi connectivity index (χ0) is 12.8. The fourth-order valence-corrected chi connectivity index (χ4v) is 4.53. The number of sulfonamides is 1. The molecule has 2 aliphatic rings. The highest BCUT2D eigenvalue weighted by Crippen LogP contribution is 2.39. The SMILES string of the molecule is CNC1CCN(S(=O)(=O)C2CC2)c2ccccc21. The largest absolute Gasteiger partial charge is 0.313 e. The van der Waals surface area contributed by atoms with Gasteiger partial charge in [0, 0.05) is 12.6 Å². The summed E-state index contributed by atoms with van der Waals surface area (Å²) in [6, 6.07) is 8.07. The first-order valence-electron chi connectivity index (χ1n) is 6.42. The van der Waals surface area contributed by atoms with Gasteiger partial charge in [0.2, 0.25) is 10.0 Å². The predicted molar refractivity (Wildman–Crippen MR) is 72.1 cm³/mol. The molecule has 18 heavy (non-hydrogen) atoms. The smallest absolute Gasteiger partial charge is 0.238 e. The summed E-state index contributed by atoms with van der Waals surface area (Å²) in [6.07, 6.45) is 2.46. The van der Waals surface area contributed by atoms with Gasteiger partial charge in [-0.1, -0.05) is 18.2 Å². The predicted octanol–water partition coefficient (Wildman–Crippen LogP) is 1.65. The van der Waals surface area contributed by atoms with E-state index in [2.05, 4.69) is 5.32 Å². The first kappa shape index (κ1) is 12.0. The molecule has 1 aliphatic heterocycles. The molecular weight excluding hydrogens is 248 g/mol. The van der Waals surface area contributed by atoms with Gasteiger partial charge in [-0.3, -0.25) is 4.31 Å². The second-order valence-electron chi connectivity index (χ2n) is 5.01. The van der Waals surface area contributed by atoms with Gasteiger partial charge in [0.05, 0.1) is 10.9 Å². The van der Waals surface area contributed by atoms with Crippen LogP contribution in [0, 0.1) is 0 Å². The normalized spacial score (nSPS) is 23.8. The van der Waals surface area contributed by atoms with Gasteiger partial charge in [0.1, 0.15) is 0 Å². The van der Waals surface area contributed by atoms with Crippen LogP contribution in [0.1, 0.15) is 30.9 Å². The van der Waals surface area contributed by atoms with Crippen molar-refractivity contribution in [1.29, 1.82) is 0 Å². The summed E-state index contributed by atoms with van der Waals surface area (Å²) in [6.45, 7) is 0.585. The molecule has 4 nitrogen and oxygen atoms in total. The molecule has 3 rings (SSSR count). The van der Waals surface area contributed by atoms with Gasteiger partial charge in [-0.25, -0.2) is 8.42 Å². The van der Waals surface area contributed by atoms with E-state index in [0.29, 0.717) is 6.54 Å². The van der Waals surface area contributed by atoms with Gasteiger partial charge >= 0.3 is 0 Å². The van der Waals surface area contributed by atoms with Crippen molar-refractivity contribution in [2.75, 3.05) is 17.9 Å². The maximum atomic E-state index is 12.4. The fraction of sp³-hybridized carbons (Fsp3) is 0.538. The van der Waals surface area contributed by atoms with E-state index >= 15 is 0 Å². The lowest BCUT2D eigenvalue weighted by molar-refractivity contribution is 0.528. The van der Waals surface area contributed by atoms with Crippen molar-refractivity contribution in [2.45, 2.75) is 30.6 Å². The highest BCUT2D eigenvalue weighted by atomic mass is 32.2. The van der Waals surface area contributed by atoms with Crippen LogP contribution in [0.4, 0.5) is 5.69 Å². The Morgan fingerprint density at radius 3 is 2.61 bits per heavy atom. The van der Waals surface area contributed by atoms with Crippen LogP contribution in [-0.4, -0.2) is 27.3 Å². The maximum Gasteiger partial charge on any atom is 0.238 e. The molecule has 0 radical (unpaired) electrons. The number of nitrogens with one attached hydrogen (secondary N) is 1. The maximum absolute atomic E-state index is 12.4. The van der Waals surface area contributed by atoms with Crippen molar-refractivity contribution in [3.63, 3.8) is 0 Å². The number of fused-ring (bicyclic) bond motifs is 1. The molecule has 1 unspecified atom stereocenters. The lowest BCUT2D eigenvalue weighted by Crippen LogP contribution is -2.40. The molecule has 0 saturated heterocycles. The van der Waals surface area contributed by atoms with E-state index in [0.717, 1.165) is 30.5 Å². The third-order valence-corrected chi connectivity index (χ3v) is 6.11. The standard InChI is InChI=1S/C13H18N2O2S/c1-14-12-8-9-15(18(16,17)10-6-7-10)13-5-3-2-4-11(12)13/h2-5,10,12,14H,6-9H2,1H3. The minimum Gasteiger partial charge on any atom is -0.313 e. The van der Waals surface area contributed by atoms with Crippen LogP contribution in [0.15, 0.2) is 24.3 Å². The summed E-state index contributed by atoms with van der Waals surface area (Å²) in [7, 11) is -1.21. The van der Waals surface area contributed by atoms with Crippen molar-refractivity contribution < 1.29 is 8.42 Å². The minimum atomic E-state index is -3.13. The van der Waals surface area contributed by atoms with E-state index in [1.165, 1.54) is 0 Å². The van der Waals surface area contributed by atoms with Crippen LogP contribution in [0.3, 0.4) is 0 Å². The average molecular weight is 266 g/mol. The van der Waals surface area contributed by atoms with E-state index < -0.39 is 10.0 Å². The Hall–Kier alpha value is -1.07. The lowest BCUT2D eigenvalue weighted by Gasteiger charge is -2.34. The Kier molecular flexibility index (Phi) is 2.83. The zero-order valence-electron chi connectivity index (χ0n) is 10.5. The van der Waals surface area contributed by atoms with Gasteiger partial charge in [0.25, 0.3) is 0 Å². The van der Waals surface area contributed by atoms with E-state index in [1.54, 1.807) is 4.31 Å². The summed E-state index contributed by atoms with van der Waals surface area (Å²) >= 11 is 0. The Balaban J connectivity index is 2.04. The Labute approximate surface area is 108 Å². The third-order valence-electron chi connectivity index (χ3n) is 3.80. The van der Waals surface area contributed by atoms with E-state index in [9.17, 15) is 8.42 Å². The molecule has 1 fully saturated rings. The number of rotatable bonds is 3. The molecule has 1 N–H and O–H groups in total. The van der Waals surface area contributed by atoms with Crippen molar-refractivity contribution in [1.82, 2.24) is 5.32 Å². The highest BCUT2D eigenvalue weighted by molar-refractivity contribution is 7.93. The van der Waals surface area contributed by atoms with Crippen LogP contribution >= 0.6 is 0 Å². The topological polar surface area (TPSA) is 49.4 Å². The summed E-state index contributed by atoms with van der Waals surface area (Å²) in [4.78, 5) is 0. The number of nitrogens with zero attached hydrogens (tertiary/aromatic N) is 1. The van der Waals surface area contributed by atoms with E-state index in [1.807, 2.05) is 31.3 Å². The molecule has 1 aromatic carbocycles. The average Bonchev–Trinajstić information content (AvgIpc) is 3.22. The first-order chi connectivity index (χ1) is 8.64. The zero-order valence-corrected chi connectivity index (χ0v) is 11.3. The molecule has 5 heteroatoms. The lowest BCUT2D eigenvalue weighted by atomic mass is 9.98. The molecule has 1 heterocycles. The monoisotopic (exact) mass is 266 g/mol. The quantitative estimate of drug-likeness (QED) is 0.905. The van der Waals surface area contributed by atoms with Gasteiger partial charge in [-0.05, 0) is 37.9 Å². The van der Waals surface area contributed by atoms with Crippen molar-refractivity contribution >= 4 is 15.7 Å². The minimum absolute atomic E-state index is 0.142. The fourth-order valence-electron chi connectivity index (χ4n) is 2.64. The Morgan fingerprint density at radius 2 is 1.94 bits per heavy atom. The molecule has 0 bridgehead atoms. The van der Waals surface area contributed by atoms with Crippen LogP contribution in [0.5, 0.6) is 0 Å². The molecule has 1 atom stereocenters. The molecular formula is C13H18N2O2S. The highest BCUT2D eigenvalue weighted by Gasteiger charge is 2.42. The molecule has 1 aliphatic carbocycles. The van der Waals surface area contributed by atoms with Crippen LogP contribution < -0.4 is 9.62 Å². The number of benzene rings is 1. The van der Waals surface area contributed by atoms with Gasteiger partial charge in [0.15, 0.2) is 0 Å². The molecule has 0 spiro atoms. The summed E-state index contributed by atoms with van der Waals surface area (Å²) in [5, 5.41) is 3.11. The molecule has 1 saturated carbocycles. The van der Waals surface area contributed by atoms with Crippen molar-refractivity contribution in [2.24, 2.45) is 0 Å². The van der Waals surface area contributed by atoms with Crippen molar-refractivity contribution in [3.05, 3.63) is 29.8 Å². The molecule has 0 aromatic heterocycles. The molecule has 98 valence electrons. The van der Waals surface area contributed by atoms with Gasteiger partial charge in [-0.2, -0.15) is 0 Å². The number of anilines is 1. The van der Waals surface area contributed by atoms with Gasteiger partial charge < -0.3 is 5.32 Å². The summed E-state index contributed by atoms with van der Waals surface area (Å²) in [5.74, 6) is 0. The summed E-state index contributed by atoms with van der Waals surface area (Å²) in [5.41, 5.74) is 1.95. The molecule has 1 aromatic rings. The Morgan fingerprint density at radius 1 is 1.22 bits per heavy atom.